The van der Waals surface area contributed by atoms with E-state index >= 15 is 0 Å². The third-order valence-electron chi connectivity index (χ3n) is 5.29. The molecule has 0 unspecified atom stereocenters. The average Bonchev–Trinajstić information content (AvgIpc) is 2.72. The minimum atomic E-state index is -0.354. The first-order valence-electron chi connectivity index (χ1n) is 10.3. The largest absolute Gasteiger partial charge is 0.289 e. The first-order chi connectivity index (χ1) is 13.9. The van der Waals surface area contributed by atoms with Crippen molar-refractivity contribution in [3.05, 3.63) is 74.8 Å². The smallest absolute Gasteiger partial charge is 0.270 e. The summed E-state index contributed by atoms with van der Waals surface area (Å²) in [5.41, 5.74) is 7.37. The van der Waals surface area contributed by atoms with Gasteiger partial charge < -0.3 is 0 Å². The summed E-state index contributed by atoms with van der Waals surface area (Å²) >= 11 is 0. The van der Waals surface area contributed by atoms with Crippen LogP contribution in [0, 0.1) is 22.0 Å². The van der Waals surface area contributed by atoms with Crippen LogP contribution in [0.25, 0.3) is 0 Å². The molecule has 0 aromatic heterocycles. The molecule has 2 heterocycles. The van der Waals surface area contributed by atoms with Crippen LogP contribution in [0.2, 0.25) is 0 Å². The van der Waals surface area contributed by atoms with Crippen molar-refractivity contribution in [3.8, 4) is 0 Å². The van der Waals surface area contributed by atoms with E-state index in [1.54, 1.807) is 12.1 Å². The monoisotopic (exact) mass is 391 g/mol. The molecular weight excluding hydrogens is 362 g/mol. The number of rotatable bonds is 3. The lowest BCUT2D eigenvalue weighted by Crippen LogP contribution is -2.18. The van der Waals surface area contributed by atoms with Gasteiger partial charge in [0, 0.05) is 42.2 Å². The fraction of sp³-hybridized carbons (Fsp3) is 0.417. The molecule has 0 saturated heterocycles. The van der Waals surface area contributed by atoms with Crippen LogP contribution in [0.3, 0.4) is 0 Å². The number of nitrogens with zero attached hydrogens (tertiary/aromatic N) is 3. The van der Waals surface area contributed by atoms with Crippen LogP contribution >= 0.6 is 0 Å². The van der Waals surface area contributed by atoms with Crippen LogP contribution in [0.15, 0.2) is 52.4 Å². The molecule has 5 nitrogen and oxygen atoms in total. The van der Waals surface area contributed by atoms with Gasteiger partial charge in [-0.15, -0.1) is 0 Å². The molecule has 0 amide bonds. The van der Waals surface area contributed by atoms with Crippen LogP contribution < -0.4 is 0 Å². The fourth-order valence-electron chi connectivity index (χ4n) is 3.87. The van der Waals surface area contributed by atoms with E-state index < -0.39 is 0 Å². The zero-order chi connectivity index (χ0) is 21.0. The molecule has 0 aliphatic carbocycles. The normalized spacial score (nSPS) is 15.0. The summed E-state index contributed by atoms with van der Waals surface area (Å²) in [6.07, 6.45) is 1.98. The number of hydrogen-bond acceptors (Lipinski definition) is 4. The lowest BCUT2D eigenvalue weighted by Gasteiger charge is -2.19. The molecule has 2 aromatic carbocycles. The van der Waals surface area contributed by atoms with E-state index in [0.29, 0.717) is 11.8 Å². The summed E-state index contributed by atoms with van der Waals surface area (Å²) in [6.45, 7) is 10.3. The molecule has 0 atom stereocenters. The predicted molar refractivity (Wildman–Crippen MR) is 119 cm³/mol. The number of aliphatic imine (C=N–C) groups is 2. The number of benzene rings is 2. The molecule has 0 N–H and O–H groups in total. The van der Waals surface area contributed by atoms with Crippen molar-refractivity contribution in [2.24, 2.45) is 21.8 Å². The van der Waals surface area contributed by atoms with Gasteiger partial charge in [0.25, 0.3) is 5.69 Å². The van der Waals surface area contributed by atoms with E-state index in [-0.39, 0.29) is 10.6 Å². The highest BCUT2D eigenvalue weighted by molar-refractivity contribution is 6.04. The fourth-order valence-corrected chi connectivity index (χ4v) is 3.87. The average molecular weight is 392 g/mol. The maximum Gasteiger partial charge on any atom is 0.270 e. The molecule has 0 bridgehead atoms. The summed E-state index contributed by atoms with van der Waals surface area (Å²) in [6, 6.07) is 13.7. The van der Waals surface area contributed by atoms with E-state index in [1.807, 2.05) is 6.07 Å². The summed E-state index contributed by atoms with van der Waals surface area (Å²) in [5.74, 6) is 0.850. The highest BCUT2D eigenvalue weighted by Crippen LogP contribution is 2.24. The zero-order valence-electron chi connectivity index (χ0n) is 17.7. The van der Waals surface area contributed by atoms with Gasteiger partial charge in [-0.05, 0) is 41.4 Å². The summed E-state index contributed by atoms with van der Waals surface area (Å²) in [4.78, 5) is 19.4. The van der Waals surface area contributed by atoms with Gasteiger partial charge in [-0.1, -0.05) is 58.0 Å². The Balaban J connectivity index is 0.000000169. The first kappa shape index (κ1) is 20.9. The van der Waals surface area contributed by atoms with Crippen molar-refractivity contribution in [3.63, 3.8) is 0 Å². The highest BCUT2D eigenvalue weighted by atomic mass is 16.6. The predicted octanol–water partition coefficient (Wildman–Crippen LogP) is 5.28. The van der Waals surface area contributed by atoms with Gasteiger partial charge in [0.05, 0.1) is 4.92 Å². The highest BCUT2D eigenvalue weighted by Gasteiger charge is 2.19. The second-order valence-corrected chi connectivity index (χ2v) is 8.10. The Hall–Kier alpha value is -2.82. The maximum absolute atomic E-state index is 10.7. The SMILES string of the molecule is CC(C)C1=NCCc2ccc([N+](=O)[O-])cc21.CC(C)C1=NCCc2ccccc21. The molecule has 0 spiro atoms. The molecule has 0 radical (unpaired) electrons. The van der Waals surface area contributed by atoms with Crippen LogP contribution in [0.5, 0.6) is 0 Å². The van der Waals surface area contributed by atoms with Gasteiger partial charge in [-0.2, -0.15) is 0 Å². The van der Waals surface area contributed by atoms with E-state index in [9.17, 15) is 10.1 Å². The van der Waals surface area contributed by atoms with Gasteiger partial charge >= 0.3 is 0 Å². The Morgan fingerprint density at radius 3 is 1.97 bits per heavy atom. The summed E-state index contributed by atoms with van der Waals surface area (Å²) < 4.78 is 0. The van der Waals surface area contributed by atoms with Crippen molar-refractivity contribution in [1.29, 1.82) is 0 Å². The van der Waals surface area contributed by atoms with Crippen LogP contribution in [0.1, 0.15) is 49.9 Å². The van der Waals surface area contributed by atoms with Crippen LogP contribution in [0.4, 0.5) is 5.69 Å². The van der Waals surface area contributed by atoms with Gasteiger partial charge in [-0.25, -0.2) is 0 Å². The Morgan fingerprint density at radius 1 is 0.828 bits per heavy atom. The molecule has 29 heavy (non-hydrogen) atoms. The van der Waals surface area contributed by atoms with E-state index in [1.165, 1.54) is 22.4 Å². The molecule has 2 aliphatic heterocycles. The lowest BCUT2D eigenvalue weighted by atomic mass is 9.91. The summed E-state index contributed by atoms with van der Waals surface area (Å²) in [7, 11) is 0. The number of non-ortho nitro benzene ring substituents is 1. The minimum absolute atomic E-state index is 0.147. The van der Waals surface area contributed by atoms with E-state index in [2.05, 4.69) is 61.9 Å². The van der Waals surface area contributed by atoms with Gasteiger partial charge in [0.2, 0.25) is 0 Å². The van der Waals surface area contributed by atoms with E-state index in [0.717, 1.165) is 37.2 Å². The molecule has 5 heteroatoms. The van der Waals surface area contributed by atoms with Gasteiger partial charge in [0.15, 0.2) is 0 Å². The number of nitro benzene ring substituents is 1. The Labute approximate surface area is 172 Å². The third kappa shape index (κ3) is 4.78. The topological polar surface area (TPSA) is 67.9 Å². The van der Waals surface area contributed by atoms with Crippen molar-refractivity contribution in [2.45, 2.75) is 40.5 Å². The molecule has 0 fully saturated rings. The molecule has 152 valence electrons. The Morgan fingerprint density at radius 2 is 1.38 bits per heavy atom. The Bertz CT molecular complexity index is 958. The molecule has 2 aromatic rings. The zero-order valence-corrected chi connectivity index (χ0v) is 17.7. The quantitative estimate of drug-likeness (QED) is 0.527. The Kier molecular flexibility index (Phi) is 6.57. The molecule has 0 saturated carbocycles. The third-order valence-corrected chi connectivity index (χ3v) is 5.29. The van der Waals surface area contributed by atoms with Gasteiger partial charge in [0.1, 0.15) is 0 Å². The standard InChI is InChI=1S/C12H14N2O2.C12H15N/c1-8(2)12-11-7-10(14(15)16)4-3-9(11)5-6-13-12;1-9(2)12-11-6-4-3-5-10(11)7-8-13-12/h3-4,7-8H,5-6H2,1-2H3;3-6,9H,7-8H2,1-2H3. The van der Waals surface area contributed by atoms with Crippen molar-refractivity contribution >= 4 is 17.1 Å². The minimum Gasteiger partial charge on any atom is -0.289 e. The lowest BCUT2D eigenvalue weighted by molar-refractivity contribution is -0.384. The molecule has 2 aliphatic rings. The van der Waals surface area contributed by atoms with Crippen LogP contribution in [-0.4, -0.2) is 29.4 Å². The number of nitro groups is 1. The first-order valence-corrected chi connectivity index (χ1v) is 10.3. The van der Waals surface area contributed by atoms with E-state index in [4.69, 9.17) is 0 Å². The van der Waals surface area contributed by atoms with Crippen molar-refractivity contribution in [1.82, 2.24) is 0 Å². The maximum atomic E-state index is 10.7. The number of fused-ring (bicyclic) bond motifs is 2. The van der Waals surface area contributed by atoms with Gasteiger partial charge in [-0.3, -0.25) is 20.1 Å². The van der Waals surface area contributed by atoms with Crippen molar-refractivity contribution in [2.75, 3.05) is 13.1 Å². The molecule has 4 rings (SSSR count). The second-order valence-electron chi connectivity index (χ2n) is 8.10. The van der Waals surface area contributed by atoms with Crippen LogP contribution in [-0.2, 0) is 12.8 Å². The second kappa shape index (κ2) is 9.12. The molecular formula is C24H29N3O2. The summed E-state index contributed by atoms with van der Waals surface area (Å²) in [5, 5.41) is 10.7. The van der Waals surface area contributed by atoms with Crippen molar-refractivity contribution < 1.29 is 4.92 Å². The number of hydrogen-bond donors (Lipinski definition) is 0.